The lowest BCUT2D eigenvalue weighted by Crippen LogP contribution is -2.22. The highest BCUT2D eigenvalue weighted by Gasteiger charge is 2.10. The van der Waals surface area contributed by atoms with Crippen molar-refractivity contribution in [3.05, 3.63) is 28.8 Å². The second-order valence-corrected chi connectivity index (χ2v) is 3.33. The smallest absolute Gasteiger partial charge is 0.103 e. The minimum Gasteiger partial charge on any atom is -0.371 e. The number of hydrogen-bond donors (Lipinski definition) is 0. The summed E-state index contributed by atoms with van der Waals surface area (Å²) in [6.45, 7) is 5.88. The molecule has 0 radical (unpaired) electrons. The monoisotopic (exact) mass is 208 g/mol. The highest BCUT2D eigenvalue weighted by Crippen LogP contribution is 2.26. The summed E-state index contributed by atoms with van der Waals surface area (Å²) in [7, 11) is 0. The van der Waals surface area contributed by atoms with Crippen LogP contribution in [0.1, 0.15) is 19.4 Å². The quantitative estimate of drug-likeness (QED) is 0.764. The van der Waals surface area contributed by atoms with Crippen molar-refractivity contribution in [2.75, 3.05) is 18.0 Å². The molecule has 0 fully saturated rings. The van der Waals surface area contributed by atoms with Crippen LogP contribution >= 0.6 is 11.6 Å². The molecule has 14 heavy (non-hydrogen) atoms. The molecule has 0 amide bonds. The van der Waals surface area contributed by atoms with Crippen molar-refractivity contribution < 1.29 is 0 Å². The molecule has 0 atom stereocenters. The molecule has 0 aromatic heterocycles. The first-order valence-electron chi connectivity index (χ1n) is 4.68. The average Bonchev–Trinajstić information content (AvgIpc) is 2.20. The molecular formula is C11H13ClN2. The van der Waals surface area contributed by atoms with Crippen LogP contribution in [0.2, 0.25) is 5.02 Å². The molecule has 0 aliphatic carbocycles. The lowest BCUT2D eigenvalue weighted by Gasteiger charge is -2.22. The second kappa shape index (κ2) is 4.88. The van der Waals surface area contributed by atoms with Crippen LogP contribution in [-0.4, -0.2) is 13.1 Å². The summed E-state index contributed by atoms with van der Waals surface area (Å²) in [6.07, 6.45) is 0. The Hall–Kier alpha value is -1.20. The van der Waals surface area contributed by atoms with Gasteiger partial charge >= 0.3 is 0 Å². The van der Waals surface area contributed by atoms with Crippen molar-refractivity contribution in [1.29, 1.82) is 5.26 Å². The average molecular weight is 209 g/mol. The number of benzene rings is 1. The van der Waals surface area contributed by atoms with Gasteiger partial charge in [0.1, 0.15) is 6.07 Å². The first kappa shape index (κ1) is 10.9. The first-order chi connectivity index (χ1) is 6.74. The van der Waals surface area contributed by atoms with Crippen LogP contribution in [0.15, 0.2) is 18.2 Å². The molecule has 0 N–H and O–H groups in total. The van der Waals surface area contributed by atoms with Gasteiger partial charge in [-0.05, 0) is 26.0 Å². The number of nitriles is 1. The summed E-state index contributed by atoms with van der Waals surface area (Å²) in [5.41, 5.74) is 1.49. The largest absolute Gasteiger partial charge is 0.371 e. The Bertz CT molecular complexity index is 351. The fraction of sp³-hybridized carbons (Fsp3) is 0.364. The van der Waals surface area contributed by atoms with E-state index in [9.17, 15) is 0 Å². The van der Waals surface area contributed by atoms with E-state index in [4.69, 9.17) is 16.9 Å². The molecule has 1 aromatic rings. The molecule has 0 aliphatic rings. The van der Waals surface area contributed by atoms with E-state index >= 15 is 0 Å². The summed E-state index contributed by atoms with van der Waals surface area (Å²) < 4.78 is 0. The summed E-state index contributed by atoms with van der Waals surface area (Å²) >= 11 is 5.94. The number of nitrogens with zero attached hydrogens (tertiary/aromatic N) is 2. The third-order valence-corrected chi connectivity index (χ3v) is 2.52. The van der Waals surface area contributed by atoms with Crippen LogP contribution in [-0.2, 0) is 0 Å². The van der Waals surface area contributed by atoms with Crippen LogP contribution < -0.4 is 4.90 Å². The molecule has 1 rings (SSSR count). The number of anilines is 1. The lowest BCUT2D eigenvalue weighted by molar-refractivity contribution is 0.864. The molecular weight excluding hydrogens is 196 g/mol. The molecule has 0 unspecified atom stereocenters. The van der Waals surface area contributed by atoms with Crippen molar-refractivity contribution in [3.63, 3.8) is 0 Å². The van der Waals surface area contributed by atoms with Crippen LogP contribution in [0.3, 0.4) is 0 Å². The molecule has 3 heteroatoms. The van der Waals surface area contributed by atoms with Gasteiger partial charge in [0, 0.05) is 13.1 Å². The molecule has 1 aromatic carbocycles. The minimum atomic E-state index is 0.525. The minimum absolute atomic E-state index is 0.525. The van der Waals surface area contributed by atoms with Gasteiger partial charge in [0.05, 0.1) is 16.3 Å². The van der Waals surface area contributed by atoms with Crippen molar-refractivity contribution in [2.45, 2.75) is 13.8 Å². The lowest BCUT2D eigenvalue weighted by atomic mass is 10.1. The van der Waals surface area contributed by atoms with E-state index in [1.54, 1.807) is 6.07 Å². The van der Waals surface area contributed by atoms with Crippen molar-refractivity contribution in [1.82, 2.24) is 0 Å². The zero-order chi connectivity index (χ0) is 10.6. The van der Waals surface area contributed by atoms with E-state index in [0.717, 1.165) is 18.8 Å². The Morgan fingerprint density at radius 1 is 1.36 bits per heavy atom. The van der Waals surface area contributed by atoms with Gasteiger partial charge in [-0.1, -0.05) is 17.7 Å². The van der Waals surface area contributed by atoms with Gasteiger partial charge in [-0.2, -0.15) is 5.26 Å². The van der Waals surface area contributed by atoms with E-state index < -0.39 is 0 Å². The highest BCUT2D eigenvalue weighted by molar-refractivity contribution is 6.32. The van der Waals surface area contributed by atoms with E-state index in [2.05, 4.69) is 24.8 Å². The maximum Gasteiger partial charge on any atom is 0.103 e. The number of rotatable bonds is 3. The van der Waals surface area contributed by atoms with E-state index in [1.807, 2.05) is 12.1 Å². The number of hydrogen-bond acceptors (Lipinski definition) is 2. The van der Waals surface area contributed by atoms with Crippen LogP contribution in [0.5, 0.6) is 0 Å². The third-order valence-electron chi connectivity index (χ3n) is 2.21. The normalized spacial score (nSPS) is 9.57. The first-order valence-corrected chi connectivity index (χ1v) is 5.05. The summed E-state index contributed by atoms with van der Waals surface area (Å²) in [5, 5.41) is 9.50. The zero-order valence-corrected chi connectivity index (χ0v) is 9.17. The summed E-state index contributed by atoms with van der Waals surface area (Å²) in [5.74, 6) is 0. The molecule has 0 saturated carbocycles. The van der Waals surface area contributed by atoms with Gasteiger partial charge < -0.3 is 4.90 Å². The molecule has 2 nitrogen and oxygen atoms in total. The van der Waals surface area contributed by atoms with Crippen molar-refractivity contribution in [2.24, 2.45) is 0 Å². The molecule has 0 spiro atoms. The third kappa shape index (κ3) is 2.00. The highest BCUT2D eigenvalue weighted by atomic mass is 35.5. The van der Waals surface area contributed by atoms with Crippen LogP contribution in [0, 0.1) is 11.3 Å². The maximum absolute atomic E-state index is 8.98. The van der Waals surface area contributed by atoms with Crippen LogP contribution in [0.25, 0.3) is 0 Å². The molecule has 0 heterocycles. The van der Waals surface area contributed by atoms with Crippen LogP contribution in [0.4, 0.5) is 5.69 Å². The molecule has 0 bridgehead atoms. The Labute approximate surface area is 89.7 Å². The van der Waals surface area contributed by atoms with Crippen molar-refractivity contribution in [3.8, 4) is 6.07 Å². The van der Waals surface area contributed by atoms with Gasteiger partial charge in [0.2, 0.25) is 0 Å². The number of halogens is 1. The Balaban J connectivity index is 3.20. The Morgan fingerprint density at radius 2 is 2.00 bits per heavy atom. The van der Waals surface area contributed by atoms with E-state index in [0.29, 0.717) is 10.6 Å². The van der Waals surface area contributed by atoms with Gasteiger partial charge in [0.25, 0.3) is 0 Å². The fourth-order valence-corrected chi connectivity index (χ4v) is 1.66. The topological polar surface area (TPSA) is 27.0 Å². The Morgan fingerprint density at radius 3 is 2.50 bits per heavy atom. The van der Waals surface area contributed by atoms with Gasteiger partial charge in [-0.3, -0.25) is 0 Å². The summed E-state index contributed by atoms with van der Waals surface area (Å²) in [4.78, 5) is 2.12. The Kier molecular flexibility index (Phi) is 3.79. The molecule has 74 valence electrons. The zero-order valence-electron chi connectivity index (χ0n) is 8.42. The van der Waals surface area contributed by atoms with E-state index in [1.165, 1.54) is 0 Å². The molecule has 0 aliphatic heterocycles. The maximum atomic E-state index is 8.98. The standard InChI is InChI=1S/C11H13ClN2/c1-3-14(4-2)11-7-5-6-10(12)9(11)8-13/h5-7H,3-4H2,1-2H3. The predicted octanol–water partition coefficient (Wildman–Crippen LogP) is 3.06. The van der Waals surface area contributed by atoms with Gasteiger partial charge in [0.15, 0.2) is 0 Å². The molecule has 0 saturated heterocycles. The SMILES string of the molecule is CCN(CC)c1cccc(Cl)c1C#N. The fourth-order valence-electron chi connectivity index (χ4n) is 1.45. The van der Waals surface area contributed by atoms with Gasteiger partial charge in [-0.15, -0.1) is 0 Å². The van der Waals surface area contributed by atoms with Gasteiger partial charge in [-0.25, -0.2) is 0 Å². The second-order valence-electron chi connectivity index (χ2n) is 2.92. The predicted molar refractivity (Wildman–Crippen MR) is 59.7 cm³/mol. The van der Waals surface area contributed by atoms with Crippen molar-refractivity contribution >= 4 is 17.3 Å². The summed E-state index contributed by atoms with van der Waals surface area (Å²) in [6, 6.07) is 7.68. The van der Waals surface area contributed by atoms with E-state index in [-0.39, 0.29) is 0 Å².